The van der Waals surface area contributed by atoms with Crippen LogP contribution in [-0.2, 0) is 13.0 Å². The van der Waals surface area contributed by atoms with Crippen molar-refractivity contribution in [2.45, 2.75) is 19.1 Å². The first-order valence-electron chi connectivity index (χ1n) is 5.93. The van der Waals surface area contributed by atoms with E-state index in [1.54, 1.807) is 0 Å². The lowest BCUT2D eigenvalue weighted by atomic mass is 10.00. The predicted octanol–water partition coefficient (Wildman–Crippen LogP) is 1.65. The first kappa shape index (κ1) is 11.5. The van der Waals surface area contributed by atoms with Crippen molar-refractivity contribution in [3.05, 3.63) is 40.9 Å². The molecule has 0 aliphatic carbocycles. The number of aliphatic hydroxyl groups excluding tert-OH is 1. The van der Waals surface area contributed by atoms with Gasteiger partial charge >= 0.3 is 0 Å². The number of hydrogen-bond donors (Lipinski definition) is 2. The molecule has 1 aromatic heterocycles. The Labute approximate surface area is 110 Å². The van der Waals surface area contributed by atoms with Gasteiger partial charge in [0.25, 0.3) is 0 Å². The van der Waals surface area contributed by atoms with E-state index in [9.17, 15) is 5.11 Å². The number of aromatic nitrogens is 1. The Kier molecular flexibility index (Phi) is 2.93. The van der Waals surface area contributed by atoms with E-state index in [1.165, 1.54) is 22.6 Å². The highest BCUT2D eigenvalue weighted by atomic mass is 32.1. The average Bonchev–Trinajstić information content (AvgIpc) is 2.74. The highest BCUT2D eigenvalue weighted by Crippen LogP contribution is 2.29. The third-order valence-corrected chi connectivity index (χ3v) is 3.95. The van der Waals surface area contributed by atoms with Crippen LogP contribution in [0.3, 0.4) is 0 Å². The number of hydrogen-bond acceptors (Lipinski definition) is 5. The topological polar surface area (TPSA) is 62.4 Å². The van der Waals surface area contributed by atoms with Crippen LogP contribution in [0, 0.1) is 0 Å². The van der Waals surface area contributed by atoms with E-state index in [0.717, 1.165) is 17.8 Å². The second-order valence-electron chi connectivity index (χ2n) is 4.53. The van der Waals surface area contributed by atoms with Crippen LogP contribution in [0.2, 0.25) is 0 Å². The molecule has 94 valence electrons. The summed E-state index contributed by atoms with van der Waals surface area (Å²) in [5.41, 5.74) is 8.05. The number of rotatable bonds is 2. The molecule has 2 heterocycles. The normalized spacial score (nSPS) is 18.7. The molecule has 18 heavy (non-hydrogen) atoms. The van der Waals surface area contributed by atoms with Gasteiger partial charge < -0.3 is 15.7 Å². The van der Waals surface area contributed by atoms with E-state index in [-0.39, 0.29) is 6.10 Å². The molecule has 1 aliphatic heterocycles. The number of nitrogen functional groups attached to an aromatic ring is 1. The minimum absolute atomic E-state index is 0.301. The average molecular weight is 261 g/mol. The summed E-state index contributed by atoms with van der Waals surface area (Å²) in [7, 11) is 0. The zero-order valence-corrected chi connectivity index (χ0v) is 10.7. The van der Waals surface area contributed by atoms with Crippen molar-refractivity contribution < 1.29 is 5.11 Å². The summed E-state index contributed by atoms with van der Waals surface area (Å²) in [6.07, 6.45) is 2.24. The van der Waals surface area contributed by atoms with Crippen LogP contribution in [0.25, 0.3) is 0 Å². The fourth-order valence-electron chi connectivity index (χ4n) is 2.40. The van der Waals surface area contributed by atoms with E-state index in [0.29, 0.717) is 11.7 Å². The van der Waals surface area contributed by atoms with Crippen LogP contribution >= 0.6 is 11.3 Å². The molecule has 2 aromatic rings. The summed E-state index contributed by atoms with van der Waals surface area (Å²) < 4.78 is 0. The zero-order chi connectivity index (χ0) is 12.5. The third-order valence-electron chi connectivity index (χ3n) is 3.14. The standard InChI is InChI=1S/C13H15N3OS/c14-13-15-6-11(18-13)8-16-7-10(17)5-9-3-1-2-4-12(9)16/h1-4,6,10,17H,5,7-8H2,(H2,14,15). The molecule has 0 saturated heterocycles. The molecule has 5 heteroatoms. The Bertz CT molecular complexity index is 555. The van der Waals surface area contributed by atoms with Crippen molar-refractivity contribution >= 4 is 22.2 Å². The number of thiazole rings is 1. The van der Waals surface area contributed by atoms with Gasteiger partial charge in [-0.2, -0.15) is 0 Å². The van der Waals surface area contributed by atoms with Gasteiger partial charge in [0.2, 0.25) is 0 Å². The van der Waals surface area contributed by atoms with Crippen LogP contribution < -0.4 is 10.6 Å². The molecule has 3 rings (SSSR count). The minimum atomic E-state index is -0.301. The number of nitrogens with zero attached hydrogens (tertiary/aromatic N) is 2. The van der Waals surface area contributed by atoms with Gasteiger partial charge in [-0.1, -0.05) is 18.2 Å². The van der Waals surface area contributed by atoms with E-state index < -0.39 is 0 Å². The molecule has 1 atom stereocenters. The van der Waals surface area contributed by atoms with E-state index in [2.05, 4.69) is 22.0 Å². The first-order valence-corrected chi connectivity index (χ1v) is 6.75. The Hall–Kier alpha value is -1.59. The second-order valence-corrected chi connectivity index (χ2v) is 5.68. The molecule has 1 aromatic carbocycles. The van der Waals surface area contributed by atoms with Crippen molar-refractivity contribution in [3.8, 4) is 0 Å². The van der Waals surface area contributed by atoms with Gasteiger partial charge in [0, 0.05) is 29.7 Å². The first-order chi connectivity index (χ1) is 8.72. The van der Waals surface area contributed by atoms with E-state index >= 15 is 0 Å². The maximum Gasteiger partial charge on any atom is 0.180 e. The van der Waals surface area contributed by atoms with Crippen LogP contribution in [0.5, 0.6) is 0 Å². The van der Waals surface area contributed by atoms with Crippen LogP contribution in [0.4, 0.5) is 10.8 Å². The molecule has 0 spiro atoms. The van der Waals surface area contributed by atoms with E-state index in [1.807, 2.05) is 18.3 Å². The Morgan fingerprint density at radius 1 is 1.44 bits per heavy atom. The molecule has 0 saturated carbocycles. The number of para-hydroxylation sites is 1. The van der Waals surface area contributed by atoms with Crippen LogP contribution in [-0.4, -0.2) is 22.7 Å². The maximum absolute atomic E-state index is 9.93. The number of benzene rings is 1. The number of β-amino-alcohol motifs (C(OH)–C–C–N with tert-alkyl or cyclic N) is 1. The van der Waals surface area contributed by atoms with Gasteiger partial charge in [0.05, 0.1) is 12.6 Å². The van der Waals surface area contributed by atoms with Gasteiger partial charge in [-0.25, -0.2) is 4.98 Å². The molecular formula is C13H15N3OS. The molecule has 1 aliphatic rings. The third kappa shape index (κ3) is 2.19. The second kappa shape index (κ2) is 4.59. The Balaban J connectivity index is 1.88. The molecule has 4 nitrogen and oxygen atoms in total. The highest BCUT2D eigenvalue weighted by molar-refractivity contribution is 7.15. The van der Waals surface area contributed by atoms with Crippen molar-refractivity contribution in [3.63, 3.8) is 0 Å². The molecule has 1 unspecified atom stereocenters. The molecular weight excluding hydrogens is 246 g/mol. The van der Waals surface area contributed by atoms with Gasteiger partial charge in [-0.15, -0.1) is 11.3 Å². The van der Waals surface area contributed by atoms with Crippen molar-refractivity contribution in [2.75, 3.05) is 17.2 Å². The molecule has 0 amide bonds. The lowest BCUT2D eigenvalue weighted by Gasteiger charge is -2.33. The Morgan fingerprint density at radius 2 is 2.28 bits per heavy atom. The Morgan fingerprint density at radius 3 is 3.06 bits per heavy atom. The summed E-state index contributed by atoms with van der Waals surface area (Å²) in [5.74, 6) is 0. The molecule has 0 fully saturated rings. The number of nitrogens with two attached hydrogens (primary N) is 1. The fourth-order valence-corrected chi connectivity index (χ4v) is 3.10. The van der Waals surface area contributed by atoms with Gasteiger partial charge in [-0.05, 0) is 11.6 Å². The minimum Gasteiger partial charge on any atom is -0.391 e. The smallest absolute Gasteiger partial charge is 0.180 e. The van der Waals surface area contributed by atoms with Crippen molar-refractivity contribution in [1.82, 2.24) is 4.98 Å². The molecule has 3 N–H and O–H groups in total. The number of anilines is 2. The number of fused-ring (bicyclic) bond motifs is 1. The summed E-state index contributed by atoms with van der Waals surface area (Å²) >= 11 is 1.50. The summed E-state index contributed by atoms with van der Waals surface area (Å²) in [5, 5.41) is 10.5. The summed E-state index contributed by atoms with van der Waals surface area (Å²) in [4.78, 5) is 7.38. The van der Waals surface area contributed by atoms with Crippen LogP contribution in [0.1, 0.15) is 10.4 Å². The highest BCUT2D eigenvalue weighted by Gasteiger charge is 2.22. The maximum atomic E-state index is 9.93. The predicted molar refractivity (Wildman–Crippen MR) is 73.7 cm³/mol. The number of aliphatic hydroxyl groups is 1. The van der Waals surface area contributed by atoms with Crippen molar-refractivity contribution in [1.29, 1.82) is 0 Å². The quantitative estimate of drug-likeness (QED) is 0.863. The van der Waals surface area contributed by atoms with E-state index in [4.69, 9.17) is 5.73 Å². The summed E-state index contributed by atoms with van der Waals surface area (Å²) in [6.45, 7) is 1.41. The van der Waals surface area contributed by atoms with Gasteiger partial charge in [0.1, 0.15) is 0 Å². The van der Waals surface area contributed by atoms with Crippen molar-refractivity contribution in [2.24, 2.45) is 0 Å². The molecule has 0 bridgehead atoms. The summed E-state index contributed by atoms with van der Waals surface area (Å²) in [6, 6.07) is 8.22. The largest absolute Gasteiger partial charge is 0.391 e. The lowest BCUT2D eigenvalue weighted by molar-refractivity contribution is 0.175. The zero-order valence-electron chi connectivity index (χ0n) is 9.91. The monoisotopic (exact) mass is 261 g/mol. The van der Waals surface area contributed by atoms with Gasteiger partial charge in [-0.3, -0.25) is 0 Å². The fraction of sp³-hybridized carbons (Fsp3) is 0.308. The SMILES string of the molecule is Nc1ncc(CN2CC(O)Cc3ccccc32)s1. The van der Waals surface area contributed by atoms with Gasteiger partial charge in [0.15, 0.2) is 5.13 Å². The molecule has 0 radical (unpaired) electrons. The lowest BCUT2D eigenvalue weighted by Crippen LogP contribution is -2.37. The van der Waals surface area contributed by atoms with Crippen LogP contribution in [0.15, 0.2) is 30.5 Å².